The zero-order valence-electron chi connectivity index (χ0n) is 11.6. The number of aryl methyl sites for hydroxylation is 1. The van der Waals surface area contributed by atoms with Gasteiger partial charge in [-0.3, -0.25) is 4.79 Å². The Balaban J connectivity index is 2.11. The van der Waals surface area contributed by atoms with Gasteiger partial charge in [0.2, 0.25) is 0 Å². The number of benzene rings is 1. The van der Waals surface area contributed by atoms with Gasteiger partial charge in [-0.1, -0.05) is 30.4 Å². The third-order valence-corrected chi connectivity index (χ3v) is 3.69. The van der Waals surface area contributed by atoms with Crippen LogP contribution >= 0.6 is 11.3 Å². The highest BCUT2D eigenvalue weighted by atomic mass is 32.1. The van der Waals surface area contributed by atoms with Crippen LogP contribution in [0.15, 0.2) is 24.3 Å². The number of rotatable bonds is 5. The number of nitrogens with two attached hydrogens (primary N) is 1. The summed E-state index contributed by atoms with van der Waals surface area (Å²) in [5.74, 6) is 0.0360. The number of hydrogen-bond donors (Lipinski definition) is 3. The molecule has 106 valence electrons. The molecular weight excluding hydrogens is 272 g/mol. The zero-order chi connectivity index (χ0) is 14.5. The quantitative estimate of drug-likeness (QED) is 0.790. The fourth-order valence-corrected chi connectivity index (χ4v) is 2.52. The highest BCUT2D eigenvalue weighted by molar-refractivity contribution is 7.18. The molecule has 0 aliphatic heterocycles. The van der Waals surface area contributed by atoms with E-state index in [1.807, 2.05) is 31.2 Å². The van der Waals surface area contributed by atoms with Crippen LogP contribution in [0.5, 0.6) is 0 Å². The van der Waals surface area contributed by atoms with Crippen molar-refractivity contribution in [1.29, 1.82) is 0 Å². The number of carbonyl (C=O) groups excluding carboxylic acids is 1. The van der Waals surface area contributed by atoms with Gasteiger partial charge in [-0.2, -0.15) is 0 Å². The molecule has 6 heteroatoms. The molecule has 0 spiro atoms. The fourth-order valence-electron chi connectivity index (χ4n) is 1.71. The number of thiazole rings is 1. The number of nitrogens with zero attached hydrogens (tertiary/aromatic N) is 1. The van der Waals surface area contributed by atoms with Crippen LogP contribution in [0.1, 0.15) is 28.6 Å². The fraction of sp³-hybridized carbons (Fsp3) is 0.286. The van der Waals surface area contributed by atoms with Gasteiger partial charge in [0.15, 0.2) is 5.13 Å². The van der Waals surface area contributed by atoms with Gasteiger partial charge in [-0.15, -0.1) is 0 Å². The van der Waals surface area contributed by atoms with Gasteiger partial charge in [-0.25, -0.2) is 4.98 Å². The van der Waals surface area contributed by atoms with E-state index < -0.39 is 0 Å². The van der Waals surface area contributed by atoms with Gasteiger partial charge in [0.05, 0.1) is 0 Å². The Hall–Kier alpha value is -2.08. The maximum Gasteiger partial charge on any atom is 0.269 e. The van der Waals surface area contributed by atoms with E-state index >= 15 is 0 Å². The Morgan fingerprint density at radius 2 is 2.25 bits per heavy atom. The van der Waals surface area contributed by atoms with Crippen molar-refractivity contribution in [2.75, 3.05) is 22.9 Å². The van der Waals surface area contributed by atoms with Crippen LogP contribution in [0.2, 0.25) is 0 Å². The highest BCUT2D eigenvalue weighted by Crippen LogP contribution is 2.26. The maximum atomic E-state index is 12.2. The first kappa shape index (κ1) is 14.3. The average Bonchev–Trinajstić information content (AvgIpc) is 2.77. The molecule has 1 heterocycles. The van der Waals surface area contributed by atoms with E-state index in [0.29, 0.717) is 10.0 Å². The van der Waals surface area contributed by atoms with E-state index in [1.54, 1.807) is 0 Å². The summed E-state index contributed by atoms with van der Waals surface area (Å²) in [4.78, 5) is 16.8. The summed E-state index contributed by atoms with van der Waals surface area (Å²) in [5, 5.41) is 6.64. The first-order valence-electron chi connectivity index (χ1n) is 6.48. The molecule has 0 unspecified atom stereocenters. The summed E-state index contributed by atoms with van der Waals surface area (Å²) in [6, 6.07) is 7.63. The van der Waals surface area contributed by atoms with Crippen molar-refractivity contribution in [2.24, 2.45) is 0 Å². The van der Waals surface area contributed by atoms with E-state index in [9.17, 15) is 4.79 Å². The Morgan fingerprint density at radius 3 is 2.95 bits per heavy atom. The first-order valence-corrected chi connectivity index (χ1v) is 7.30. The van der Waals surface area contributed by atoms with Crippen LogP contribution in [-0.4, -0.2) is 17.4 Å². The number of amides is 1. The topological polar surface area (TPSA) is 80.0 Å². The summed E-state index contributed by atoms with van der Waals surface area (Å²) >= 11 is 1.27. The molecule has 0 fully saturated rings. The van der Waals surface area contributed by atoms with E-state index in [2.05, 4.69) is 22.5 Å². The van der Waals surface area contributed by atoms with Gasteiger partial charge in [0.1, 0.15) is 10.7 Å². The van der Waals surface area contributed by atoms with Crippen molar-refractivity contribution < 1.29 is 4.79 Å². The van der Waals surface area contributed by atoms with Crippen LogP contribution in [-0.2, 0) is 0 Å². The Kier molecular flexibility index (Phi) is 4.57. The molecule has 5 nitrogen and oxygen atoms in total. The lowest BCUT2D eigenvalue weighted by molar-refractivity contribution is 0.103. The molecule has 0 saturated carbocycles. The maximum absolute atomic E-state index is 12.2. The molecule has 1 aromatic heterocycles. The largest absolute Gasteiger partial charge is 0.382 e. The number of carbonyl (C=O) groups is 1. The smallest absolute Gasteiger partial charge is 0.269 e. The molecule has 20 heavy (non-hydrogen) atoms. The molecule has 0 aliphatic carbocycles. The van der Waals surface area contributed by atoms with Crippen molar-refractivity contribution in [3.8, 4) is 0 Å². The molecule has 4 N–H and O–H groups in total. The second-order valence-electron chi connectivity index (χ2n) is 4.48. The van der Waals surface area contributed by atoms with Gasteiger partial charge in [0.25, 0.3) is 5.91 Å². The summed E-state index contributed by atoms with van der Waals surface area (Å²) in [7, 11) is 0. The Bertz CT molecular complexity index is 609. The Labute approximate surface area is 122 Å². The highest BCUT2D eigenvalue weighted by Gasteiger charge is 2.16. The summed E-state index contributed by atoms with van der Waals surface area (Å²) in [5.41, 5.74) is 7.64. The van der Waals surface area contributed by atoms with Crippen LogP contribution in [0.3, 0.4) is 0 Å². The zero-order valence-corrected chi connectivity index (χ0v) is 12.4. The lowest BCUT2D eigenvalue weighted by Gasteiger charge is -2.04. The molecule has 1 amide bonds. The minimum Gasteiger partial charge on any atom is -0.382 e. The predicted molar refractivity (Wildman–Crippen MR) is 84.4 cm³/mol. The van der Waals surface area contributed by atoms with Crippen molar-refractivity contribution in [1.82, 2.24) is 4.98 Å². The standard InChI is InChI=1S/C14H18N4OS/c1-3-7-16-14-18-12(15)11(20-14)13(19)17-10-6-4-5-9(2)8-10/h4-6,8H,3,7,15H2,1-2H3,(H,16,18)(H,17,19). The van der Waals surface area contributed by atoms with E-state index in [-0.39, 0.29) is 11.7 Å². The van der Waals surface area contributed by atoms with Crippen molar-refractivity contribution in [3.05, 3.63) is 34.7 Å². The molecule has 2 rings (SSSR count). The van der Waals surface area contributed by atoms with E-state index in [4.69, 9.17) is 5.73 Å². The summed E-state index contributed by atoms with van der Waals surface area (Å²) < 4.78 is 0. The van der Waals surface area contributed by atoms with Crippen molar-refractivity contribution in [2.45, 2.75) is 20.3 Å². The SMILES string of the molecule is CCCNc1nc(N)c(C(=O)Nc2cccc(C)c2)s1. The monoisotopic (exact) mass is 290 g/mol. The lowest BCUT2D eigenvalue weighted by atomic mass is 10.2. The van der Waals surface area contributed by atoms with Crippen LogP contribution in [0.4, 0.5) is 16.6 Å². The molecule has 0 atom stereocenters. The number of anilines is 3. The minimum absolute atomic E-state index is 0.227. The normalized spacial score (nSPS) is 10.3. The van der Waals surface area contributed by atoms with Crippen LogP contribution in [0.25, 0.3) is 0 Å². The number of nitrogens with one attached hydrogen (secondary N) is 2. The molecule has 0 bridgehead atoms. The van der Waals surface area contributed by atoms with Crippen LogP contribution < -0.4 is 16.4 Å². The molecule has 0 radical (unpaired) electrons. The van der Waals surface area contributed by atoms with Gasteiger partial charge >= 0.3 is 0 Å². The molecule has 1 aromatic carbocycles. The van der Waals surface area contributed by atoms with E-state index in [1.165, 1.54) is 11.3 Å². The third kappa shape index (κ3) is 3.48. The number of aromatic nitrogens is 1. The van der Waals surface area contributed by atoms with Gasteiger partial charge < -0.3 is 16.4 Å². The molecule has 0 saturated heterocycles. The first-order chi connectivity index (χ1) is 9.60. The van der Waals surface area contributed by atoms with Crippen molar-refractivity contribution in [3.63, 3.8) is 0 Å². The summed E-state index contributed by atoms with van der Waals surface area (Å²) in [6.07, 6.45) is 0.990. The number of hydrogen-bond acceptors (Lipinski definition) is 5. The van der Waals surface area contributed by atoms with Gasteiger partial charge in [0, 0.05) is 12.2 Å². The summed E-state index contributed by atoms with van der Waals surface area (Å²) in [6.45, 7) is 4.85. The third-order valence-electron chi connectivity index (χ3n) is 2.66. The van der Waals surface area contributed by atoms with Crippen LogP contribution in [0, 0.1) is 6.92 Å². The average molecular weight is 290 g/mol. The van der Waals surface area contributed by atoms with E-state index in [0.717, 1.165) is 24.2 Å². The number of nitrogen functional groups attached to an aromatic ring is 1. The second-order valence-corrected chi connectivity index (χ2v) is 5.48. The predicted octanol–water partition coefficient (Wildman–Crippen LogP) is 3.11. The Morgan fingerprint density at radius 1 is 1.45 bits per heavy atom. The molecule has 0 aliphatic rings. The molecule has 2 aromatic rings. The molecular formula is C14H18N4OS. The second kappa shape index (κ2) is 6.38. The van der Waals surface area contributed by atoms with Crippen molar-refractivity contribution >= 4 is 33.9 Å². The van der Waals surface area contributed by atoms with Gasteiger partial charge in [-0.05, 0) is 31.0 Å². The minimum atomic E-state index is -0.227. The lowest BCUT2D eigenvalue weighted by Crippen LogP contribution is -2.12.